The number of carbonyl (C=O) groups is 2. The highest BCUT2D eigenvalue weighted by atomic mass is 32.1. The molecule has 3 N–H and O–H groups in total. The molecule has 1 aromatic carbocycles. The van der Waals surface area contributed by atoms with Gasteiger partial charge in [0.1, 0.15) is 5.69 Å². The van der Waals surface area contributed by atoms with Crippen LogP contribution < -0.4 is 10.9 Å². The molecule has 1 aliphatic carbocycles. The highest BCUT2D eigenvalue weighted by Gasteiger charge is 2.21. The average Bonchev–Trinajstić information content (AvgIpc) is 3.29. The molecular formula is C20H20N4O2S2. The van der Waals surface area contributed by atoms with Crippen molar-refractivity contribution in [1.82, 2.24) is 20.4 Å². The molecule has 0 aliphatic heterocycles. The minimum Gasteiger partial charge on any atom is -0.336 e. The number of nitrogens with one attached hydrogen (secondary N) is 3. The van der Waals surface area contributed by atoms with Crippen molar-refractivity contribution < 1.29 is 9.59 Å². The van der Waals surface area contributed by atoms with E-state index < -0.39 is 5.91 Å². The molecule has 1 unspecified atom stereocenters. The van der Waals surface area contributed by atoms with E-state index in [4.69, 9.17) is 12.2 Å². The van der Waals surface area contributed by atoms with Gasteiger partial charge in [-0.2, -0.15) is 0 Å². The molecule has 1 atom stereocenters. The molecule has 3 aromatic rings. The van der Waals surface area contributed by atoms with Crippen LogP contribution in [-0.2, 0) is 12.8 Å². The van der Waals surface area contributed by atoms with Crippen molar-refractivity contribution in [3.8, 4) is 5.69 Å². The van der Waals surface area contributed by atoms with Gasteiger partial charge in [-0.15, -0.1) is 11.3 Å². The number of fused-ring (bicyclic) bond motifs is 1. The summed E-state index contributed by atoms with van der Waals surface area (Å²) < 4.78 is 2.03. The number of imidazole rings is 1. The van der Waals surface area contributed by atoms with Crippen molar-refractivity contribution in [3.05, 3.63) is 68.4 Å². The highest BCUT2D eigenvalue weighted by molar-refractivity contribution is 7.71. The Bertz CT molecular complexity index is 1080. The standard InChI is InChI=1S/C20H20N4O2S2/c1-12-7-8-16-13(9-12)10-17(28-16)19(26)23-22-18(25)15-11-21-20(27)24(15)14-5-3-2-4-6-14/h2-6,10-12H,7-9H2,1H3,(H,21,27)(H,22,25)(H,23,26). The van der Waals surface area contributed by atoms with E-state index in [1.165, 1.54) is 28.0 Å². The monoisotopic (exact) mass is 412 g/mol. The number of benzene rings is 1. The minimum atomic E-state index is -0.445. The predicted octanol–water partition coefficient (Wildman–Crippen LogP) is 3.80. The van der Waals surface area contributed by atoms with Crippen LogP contribution in [0.25, 0.3) is 5.69 Å². The Hall–Kier alpha value is -2.71. The smallest absolute Gasteiger partial charge is 0.288 e. The van der Waals surface area contributed by atoms with Crippen molar-refractivity contribution in [2.24, 2.45) is 5.92 Å². The number of aromatic nitrogens is 2. The number of para-hydroxylation sites is 1. The fourth-order valence-corrected chi connectivity index (χ4v) is 4.79. The van der Waals surface area contributed by atoms with E-state index in [1.807, 2.05) is 36.4 Å². The Morgan fingerprint density at radius 1 is 1.21 bits per heavy atom. The second-order valence-electron chi connectivity index (χ2n) is 6.97. The summed E-state index contributed by atoms with van der Waals surface area (Å²) in [5, 5.41) is 0. The van der Waals surface area contributed by atoms with Crippen molar-refractivity contribution in [1.29, 1.82) is 0 Å². The van der Waals surface area contributed by atoms with Crippen LogP contribution in [0.4, 0.5) is 0 Å². The van der Waals surface area contributed by atoms with E-state index in [9.17, 15) is 9.59 Å². The normalized spacial score (nSPS) is 15.7. The largest absolute Gasteiger partial charge is 0.336 e. The van der Waals surface area contributed by atoms with Crippen LogP contribution >= 0.6 is 23.6 Å². The molecule has 8 heteroatoms. The number of aromatic amines is 1. The Morgan fingerprint density at radius 2 is 1.96 bits per heavy atom. The molecule has 144 valence electrons. The van der Waals surface area contributed by atoms with Gasteiger partial charge in [-0.1, -0.05) is 25.1 Å². The van der Waals surface area contributed by atoms with Gasteiger partial charge < -0.3 is 4.98 Å². The van der Waals surface area contributed by atoms with E-state index >= 15 is 0 Å². The van der Waals surface area contributed by atoms with Gasteiger partial charge in [-0.3, -0.25) is 25.0 Å². The van der Waals surface area contributed by atoms with E-state index in [2.05, 4.69) is 22.8 Å². The van der Waals surface area contributed by atoms with Crippen molar-refractivity contribution in [2.75, 3.05) is 0 Å². The minimum absolute atomic E-state index is 0.305. The molecule has 4 rings (SSSR count). The molecule has 0 spiro atoms. The van der Waals surface area contributed by atoms with Gasteiger partial charge in [0.15, 0.2) is 4.77 Å². The fourth-order valence-electron chi connectivity index (χ4n) is 3.43. The Balaban J connectivity index is 1.47. The second kappa shape index (κ2) is 7.73. The van der Waals surface area contributed by atoms with Crippen LogP contribution in [0.3, 0.4) is 0 Å². The molecule has 2 aromatic heterocycles. The van der Waals surface area contributed by atoms with Crippen LogP contribution in [0.1, 0.15) is 43.9 Å². The number of hydrogen-bond acceptors (Lipinski definition) is 4. The number of hydrazine groups is 1. The van der Waals surface area contributed by atoms with E-state index in [1.54, 1.807) is 4.57 Å². The van der Waals surface area contributed by atoms with Gasteiger partial charge in [0, 0.05) is 16.8 Å². The molecule has 0 saturated heterocycles. The summed E-state index contributed by atoms with van der Waals surface area (Å²) in [4.78, 5) is 29.9. The third-order valence-electron chi connectivity index (χ3n) is 4.87. The number of thiophene rings is 1. The third kappa shape index (κ3) is 3.65. The van der Waals surface area contributed by atoms with Gasteiger partial charge in [0.05, 0.1) is 4.88 Å². The van der Waals surface area contributed by atoms with Crippen LogP contribution in [0, 0.1) is 10.7 Å². The molecule has 1 aliphatic rings. The summed E-state index contributed by atoms with van der Waals surface area (Å²) in [5.41, 5.74) is 7.34. The summed E-state index contributed by atoms with van der Waals surface area (Å²) in [6, 6.07) is 11.3. The molecule has 2 heterocycles. The Kier molecular flexibility index (Phi) is 5.15. The lowest BCUT2D eigenvalue weighted by atomic mass is 9.90. The maximum atomic E-state index is 12.6. The molecule has 2 amide bonds. The van der Waals surface area contributed by atoms with Crippen LogP contribution in [0.15, 0.2) is 42.6 Å². The number of nitrogens with zero attached hydrogens (tertiary/aromatic N) is 1. The molecule has 0 saturated carbocycles. The van der Waals surface area contributed by atoms with E-state index in [-0.39, 0.29) is 5.91 Å². The third-order valence-corrected chi connectivity index (χ3v) is 6.40. The number of hydrogen-bond donors (Lipinski definition) is 3. The number of H-pyrrole nitrogens is 1. The lowest BCUT2D eigenvalue weighted by Crippen LogP contribution is -2.42. The Labute approximate surface area is 171 Å². The SMILES string of the molecule is CC1CCc2sc(C(=O)NNC(=O)c3c[nH]c(=S)n3-c3ccccc3)cc2C1. The molecule has 0 bridgehead atoms. The van der Waals surface area contributed by atoms with Crippen LogP contribution in [0.5, 0.6) is 0 Å². The summed E-state index contributed by atoms with van der Waals surface area (Å²) in [7, 11) is 0. The second-order valence-corrected chi connectivity index (χ2v) is 8.49. The first-order valence-electron chi connectivity index (χ1n) is 9.11. The van der Waals surface area contributed by atoms with E-state index in [0.29, 0.717) is 21.3 Å². The van der Waals surface area contributed by atoms with E-state index in [0.717, 1.165) is 24.9 Å². The lowest BCUT2D eigenvalue weighted by molar-refractivity contribution is 0.0845. The number of aryl methyl sites for hydroxylation is 1. The summed E-state index contributed by atoms with van der Waals surface area (Å²) >= 11 is 6.79. The Morgan fingerprint density at radius 3 is 2.75 bits per heavy atom. The van der Waals surface area contributed by atoms with Gasteiger partial charge in [0.2, 0.25) is 0 Å². The first kappa shape index (κ1) is 18.6. The molecule has 0 radical (unpaired) electrons. The maximum Gasteiger partial charge on any atom is 0.288 e. The number of carbonyl (C=O) groups excluding carboxylic acids is 2. The van der Waals surface area contributed by atoms with Gasteiger partial charge in [-0.05, 0) is 61.2 Å². The zero-order valence-corrected chi connectivity index (χ0v) is 17.0. The maximum absolute atomic E-state index is 12.6. The topological polar surface area (TPSA) is 78.9 Å². The average molecular weight is 413 g/mol. The first-order chi connectivity index (χ1) is 13.5. The zero-order chi connectivity index (χ0) is 19.7. The molecule has 6 nitrogen and oxygen atoms in total. The zero-order valence-electron chi connectivity index (χ0n) is 15.3. The van der Waals surface area contributed by atoms with Gasteiger partial charge in [0.25, 0.3) is 11.8 Å². The molecule has 0 fully saturated rings. The van der Waals surface area contributed by atoms with Crippen LogP contribution in [-0.4, -0.2) is 21.4 Å². The van der Waals surface area contributed by atoms with Gasteiger partial charge >= 0.3 is 0 Å². The first-order valence-corrected chi connectivity index (χ1v) is 10.3. The summed E-state index contributed by atoms with van der Waals surface area (Å²) in [5.74, 6) is -0.104. The summed E-state index contributed by atoms with van der Waals surface area (Å²) in [6.45, 7) is 2.23. The fraction of sp³-hybridized carbons (Fsp3) is 0.250. The van der Waals surface area contributed by atoms with Crippen LogP contribution in [0.2, 0.25) is 0 Å². The number of rotatable bonds is 3. The number of amides is 2. The summed E-state index contributed by atoms with van der Waals surface area (Å²) in [6.07, 6.45) is 4.71. The predicted molar refractivity (Wildman–Crippen MR) is 111 cm³/mol. The van der Waals surface area contributed by atoms with Crippen molar-refractivity contribution in [3.63, 3.8) is 0 Å². The van der Waals surface area contributed by atoms with Gasteiger partial charge in [-0.25, -0.2) is 0 Å². The molecular weight excluding hydrogens is 392 g/mol. The molecule has 28 heavy (non-hydrogen) atoms. The lowest BCUT2D eigenvalue weighted by Gasteiger charge is -2.16. The van der Waals surface area contributed by atoms with Crippen molar-refractivity contribution in [2.45, 2.75) is 26.2 Å². The van der Waals surface area contributed by atoms with Crippen molar-refractivity contribution >= 4 is 35.4 Å². The highest BCUT2D eigenvalue weighted by Crippen LogP contribution is 2.32. The quantitative estimate of drug-likeness (QED) is 0.452.